The van der Waals surface area contributed by atoms with Crippen LogP contribution in [0.3, 0.4) is 0 Å². The quantitative estimate of drug-likeness (QED) is 0.0857. The molecule has 1 unspecified atom stereocenters. The van der Waals surface area contributed by atoms with E-state index in [-0.39, 0.29) is 32.1 Å². The number of nitrogens with zero attached hydrogens (tertiary/aromatic N) is 3. The zero-order chi connectivity index (χ0) is 39.4. The number of carbonyl (C=O) groups excluding carboxylic acids is 2. The Morgan fingerprint density at radius 3 is 1.95 bits per heavy atom. The molecule has 5 aromatic carbocycles. The molecule has 1 amide bonds. The summed E-state index contributed by atoms with van der Waals surface area (Å²) >= 11 is 13.2. The van der Waals surface area contributed by atoms with Crippen molar-refractivity contribution in [2.24, 2.45) is 4.99 Å². The summed E-state index contributed by atoms with van der Waals surface area (Å²) in [5.74, 6) is -4.78. The smallest absolute Gasteiger partial charge is 0.453 e. The molecule has 0 aromatic heterocycles. The van der Waals surface area contributed by atoms with Crippen molar-refractivity contribution < 1.29 is 41.4 Å². The van der Waals surface area contributed by atoms with E-state index in [1.54, 1.807) is 91.0 Å². The average Bonchev–Trinajstić information content (AvgIpc) is 3.56. The Bertz CT molecular complexity index is 2260. The third-order valence-electron chi connectivity index (χ3n) is 8.54. The van der Waals surface area contributed by atoms with Crippen LogP contribution in [0.15, 0.2) is 138 Å². The number of hydroxylamine groups is 3. The van der Waals surface area contributed by atoms with Crippen LogP contribution in [0.4, 0.5) is 17.6 Å². The Morgan fingerprint density at radius 1 is 0.873 bits per heavy atom. The lowest BCUT2D eigenvalue weighted by atomic mass is 9.75. The van der Waals surface area contributed by atoms with Crippen LogP contribution in [0, 0.1) is 17.1 Å². The second-order valence-electron chi connectivity index (χ2n) is 11.9. The van der Waals surface area contributed by atoms with E-state index in [9.17, 15) is 28.0 Å². The van der Waals surface area contributed by atoms with Crippen LogP contribution in [0.1, 0.15) is 27.8 Å². The first-order chi connectivity index (χ1) is 26.3. The van der Waals surface area contributed by atoms with Gasteiger partial charge in [-0.3, -0.25) is 9.63 Å². The molecule has 278 valence electrons. The van der Waals surface area contributed by atoms with Crippen LogP contribution >= 0.6 is 35.0 Å². The van der Waals surface area contributed by atoms with Gasteiger partial charge >= 0.3 is 17.3 Å². The second-order valence-corrected chi connectivity index (χ2v) is 13.5. The van der Waals surface area contributed by atoms with Gasteiger partial charge in [0.25, 0.3) is 5.91 Å². The Kier molecular flexibility index (Phi) is 11.4. The van der Waals surface area contributed by atoms with Crippen LogP contribution in [0.2, 0.25) is 10.0 Å². The largest absolute Gasteiger partial charge is 0.497 e. The fraction of sp³-hybridized carbons (Fsp3) is 0.100. The molecule has 0 fully saturated rings. The highest BCUT2D eigenvalue weighted by Gasteiger charge is 2.66. The molecule has 55 heavy (non-hydrogen) atoms. The lowest BCUT2D eigenvalue weighted by Crippen LogP contribution is -2.63. The number of thioether (sulfide) groups is 1. The molecule has 0 bridgehead atoms. The Morgan fingerprint density at radius 2 is 1.44 bits per heavy atom. The van der Waals surface area contributed by atoms with Gasteiger partial charge in [-0.05, 0) is 46.9 Å². The summed E-state index contributed by atoms with van der Waals surface area (Å²) in [6.07, 6.45) is -2.87. The van der Waals surface area contributed by atoms with E-state index >= 15 is 4.39 Å². The number of halogens is 6. The van der Waals surface area contributed by atoms with Gasteiger partial charge in [-0.25, -0.2) is 9.18 Å². The van der Waals surface area contributed by atoms with Gasteiger partial charge in [0.1, 0.15) is 5.75 Å². The Balaban J connectivity index is 1.47. The lowest BCUT2D eigenvalue weighted by molar-refractivity contribution is -1.01. The number of quaternary nitrogens is 1. The second kappa shape index (κ2) is 16.0. The predicted molar refractivity (Wildman–Crippen MR) is 200 cm³/mol. The van der Waals surface area contributed by atoms with Crippen molar-refractivity contribution in [2.75, 3.05) is 6.26 Å². The minimum absolute atomic E-state index is 0.0299. The maximum absolute atomic E-state index is 15.9. The van der Waals surface area contributed by atoms with Gasteiger partial charge in [0.15, 0.2) is 23.5 Å². The monoisotopic (exact) mass is 805 g/mol. The minimum Gasteiger partial charge on any atom is -0.453 e. The summed E-state index contributed by atoms with van der Waals surface area (Å²) in [5.41, 5.74) is -0.948. The first-order valence-corrected chi connectivity index (χ1v) is 18.2. The van der Waals surface area contributed by atoms with Crippen LogP contribution in [-0.4, -0.2) is 34.1 Å². The van der Waals surface area contributed by atoms with E-state index in [0.29, 0.717) is 16.7 Å². The first kappa shape index (κ1) is 39.1. The summed E-state index contributed by atoms with van der Waals surface area (Å²) < 4.78 is 62.9. The number of amides is 1. The number of rotatable bonds is 10. The molecule has 5 aromatic rings. The highest BCUT2D eigenvalue weighted by atomic mass is 35.5. The molecular formula is C40H27Cl2F4N4O4S+. The molecular weight excluding hydrogens is 779 g/mol. The molecule has 15 heteroatoms. The molecule has 1 aliphatic heterocycles. The summed E-state index contributed by atoms with van der Waals surface area (Å²) in [6, 6.07) is 34.0. The number of amidine groups is 1. The summed E-state index contributed by atoms with van der Waals surface area (Å²) in [7, 11) is 0. The van der Waals surface area contributed by atoms with Crippen LogP contribution in [0.5, 0.6) is 11.5 Å². The van der Waals surface area contributed by atoms with Gasteiger partial charge in [-0.2, -0.15) is 23.4 Å². The molecule has 1 heterocycles. The van der Waals surface area contributed by atoms with Gasteiger partial charge in [-0.1, -0.05) is 120 Å². The number of carbonyl (C=O) groups is 2. The topological polar surface area (TPSA) is 101 Å². The van der Waals surface area contributed by atoms with Gasteiger partial charge < -0.3 is 10.1 Å². The summed E-state index contributed by atoms with van der Waals surface area (Å²) in [4.78, 5) is 37.1. The fourth-order valence-corrected chi connectivity index (χ4v) is 7.37. The summed E-state index contributed by atoms with van der Waals surface area (Å²) in [6.45, 7) is -0.456. The van der Waals surface area contributed by atoms with Crippen molar-refractivity contribution in [3.05, 3.63) is 177 Å². The molecule has 0 saturated heterocycles. The third kappa shape index (κ3) is 7.54. The van der Waals surface area contributed by atoms with Gasteiger partial charge in [-0.15, -0.1) is 0 Å². The average molecular weight is 807 g/mol. The zero-order valence-electron chi connectivity index (χ0n) is 28.5. The fourth-order valence-electron chi connectivity index (χ4n) is 6.27. The first-order valence-electron chi connectivity index (χ1n) is 16.2. The number of hydrogen-bond acceptors (Lipinski definition) is 7. The standard InChI is InChI=1S/C40H26Cl2F4N4O4S/c1-55-38-49-33(36(51)48-23-26-17-18-32(42)35(34(26)43)53-31-20-25(22-47)19-30(41)21-31)24-50(38,54-37(52)40(44,45)46)39(27-11-5-2-6-12-27,28-13-7-3-8-14-28)29-15-9-4-10-16-29/h2-21,24H,23H2,1H3/p+1. The number of hydrogen-bond donors (Lipinski definition) is 1. The SMILES string of the molecule is CSC1=NC(C(=O)NCc2ccc(Cl)c(Oc3cc(Cl)cc(C#N)c3)c2F)=C[N+]1(OC(=O)C(F)(F)F)C(c1ccccc1)(c1ccccc1)c1ccccc1. The van der Waals surface area contributed by atoms with Gasteiger partial charge in [0.2, 0.25) is 5.54 Å². The highest BCUT2D eigenvalue weighted by Crippen LogP contribution is 2.52. The van der Waals surface area contributed by atoms with Crippen LogP contribution < -0.4 is 10.1 Å². The van der Waals surface area contributed by atoms with E-state index in [0.717, 1.165) is 18.0 Å². The van der Waals surface area contributed by atoms with E-state index < -0.39 is 52.0 Å². The molecule has 1 N–H and O–H groups in total. The molecule has 8 nitrogen and oxygen atoms in total. The highest BCUT2D eigenvalue weighted by molar-refractivity contribution is 8.12. The van der Waals surface area contributed by atoms with Crippen molar-refractivity contribution in [2.45, 2.75) is 18.3 Å². The lowest BCUT2D eigenvalue weighted by Gasteiger charge is -2.45. The molecule has 0 radical (unpaired) electrons. The van der Waals surface area contributed by atoms with Crippen molar-refractivity contribution in [3.63, 3.8) is 0 Å². The Labute approximate surface area is 326 Å². The molecule has 1 atom stereocenters. The zero-order valence-corrected chi connectivity index (χ0v) is 30.8. The third-order valence-corrected chi connectivity index (χ3v) is 9.78. The molecule has 1 aliphatic rings. The number of aliphatic imine (C=N–C) groups is 1. The van der Waals surface area contributed by atoms with Gasteiger partial charge in [0.05, 0.1) is 16.7 Å². The molecule has 6 rings (SSSR count). The summed E-state index contributed by atoms with van der Waals surface area (Å²) in [5, 5.41) is 11.7. The van der Waals surface area contributed by atoms with E-state index in [1.165, 1.54) is 36.6 Å². The predicted octanol–water partition coefficient (Wildman–Crippen LogP) is 9.82. The molecule has 0 spiro atoms. The Hall–Kier alpha value is -5.65. The maximum atomic E-state index is 15.9. The molecule has 0 saturated carbocycles. The van der Waals surface area contributed by atoms with E-state index in [4.69, 9.17) is 32.8 Å². The number of benzene rings is 5. The number of nitrogens with one attached hydrogen (secondary N) is 1. The van der Waals surface area contributed by atoms with Crippen molar-refractivity contribution >= 4 is 52.0 Å². The maximum Gasteiger partial charge on any atom is 0.497 e. The minimum atomic E-state index is -5.45. The normalized spacial score (nSPS) is 15.4. The molecule has 0 aliphatic carbocycles. The van der Waals surface area contributed by atoms with E-state index in [2.05, 4.69) is 10.3 Å². The number of ether oxygens (including phenoxy) is 1. The number of alkyl halides is 3. The van der Waals surface area contributed by atoms with Crippen molar-refractivity contribution in [1.82, 2.24) is 5.32 Å². The van der Waals surface area contributed by atoms with Crippen molar-refractivity contribution in [1.29, 1.82) is 5.26 Å². The van der Waals surface area contributed by atoms with Gasteiger partial charge in [0, 0.05) is 33.8 Å². The van der Waals surface area contributed by atoms with Crippen LogP contribution in [-0.2, 0) is 26.5 Å². The number of nitriles is 1. The van der Waals surface area contributed by atoms with Crippen molar-refractivity contribution in [3.8, 4) is 17.6 Å². The van der Waals surface area contributed by atoms with E-state index in [1.807, 2.05) is 6.07 Å². The van der Waals surface area contributed by atoms with Crippen LogP contribution in [0.25, 0.3) is 0 Å².